The monoisotopic (exact) mass is 324 g/mol. The summed E-state index contributed by atoms with van der Waals surface area (Å²) in [4.78, 5) is 15.1. The van der Waals surface area contributed by atoms with Crippen molar-refractivity contribution in [3.63, 3.8) is 0 Å². The molecule has 2 aromatic rings. The fraction of sp³-hybridized carbons (Fsp3) is 0.526. The van der Waals surface area contributed by atoms with Crippen LogP contribution in [0, 0.1) is 0 Å². The van der Waals surface area contributed by atoms with E-state index in [4.69, 9.17) is 0 Å². The van der Waals surface area contributed by atoms with E-state index in [2.05, 4.69) is 39.4 Å². The molecule has 2 heterocycles. The molecule has 1 aromatic carbocycles. The van der Waals surface area contributed by atoms with Crippen LogP contribution in [0.2, 0.25) is 0 Å². The lowest BCUT2D eigenvalue weighted by molar-refractivity contribution is -0.134. The van der Waals surface area contributed by atoms with Crippen molar-refractivity contribution in [2.45, 2.75) is 43.9 Å². The van der Waals surface area contributed by atoms with E-state index < -0.39 is 0 Å². The van der Waals surface area contributed by atoms with E-state index in [1.54, 1.807) is 6.33 Å². The summed E-state index contributed by atoms with van der Waals surface area (Å²) in [5.74, 6) is 1.84. The Morgan fingerprint density at radius 2 is 1.96 bits per heavy atom. The number of hydrogen-bond donors (Lipinski definition) is 0. The third kappa shape index (κ3) is 2.72. The van der Waals surface area contributed by atoms with E-state index in [0.717, 1.165) is 51.0 Å². The van der Waals surface area contributed by atoms with Crippen molar-refractivity contribution in [2.24, 2.45) is 7.05 Å². The molecule has 1 saturated heterocycles. The Balaban J connectivity index is 1.45. The van der Waals surface area contributed by atoms with Crippen molar-refractivity contribution < 1.29 is 4.79 Å². The first kappa shape index (κ1) is 15.4. The lowest BCUT2D eigenvalue weighted by Crippen LogP contribution is -2.41. The van der Waals surface area contributed by atoms with Crippen LogP contribution in [-0.2, 0) is 18.3 Å². The number of aromatic nitrogens is 3. The van der Waals surface area contributed by atoms with Gasteiger partial charge in [-0.05, 0) is 43.2 Å². The maximum absolute atomic E-state index is 13.1. The second-order valence-corrected chi connectivity index (χ2v) is 7.04. The smallest absolute Gasteiger partial charge is 0.230 e. The molecule has 1 atom stereocenters. The third-order valence-corrected chi connectivity index (χ3v) is 5.59. The van der Waals surface area contributed by atoms with Gasteiger partial charge in [-0.2, -0.15) is 0 Å². The molecule has 1 fully saturated rings. The van der Waals surface area contributed by atoms with Crippen LogP contribution in [0.1, 0.15) is 54.5 Å². The molecule has 0 spiro atoms. The first-order valence-electron chi connectivity index (χ1n) is 8.94. The van der Waals surface area contributed by atoms with Crippen LogP contribution in [0.4, 0.5) is 0 Å². The maximum atomic E-state index is 13.1. The average molecular weight is 324 g/mol. The van der Waals surface area contributed by atoms with Crippen LogP contribution in [0.25, 0.3) is 0 Å². The lowest BCUT2D eigenvalue weighted by atomic mass is 9.81. The Morgan fingerprint density at radius 3 is 2.71 bits per heavy atom. The first-order valence-corrected chi connectivity index (χ1v) is 8.94. The van der Waals surface area contributed by atoms with E-state index in [9.17, 15) is 4.79 Å². The molecule has 126 valence electrons. The van der Waals surface area contributed by atoms with Gasteiger partial charge < -0.3 is 9.47 Å². The molecule has 2 aliphatic rings. The zero-order chi connectivity index (χ0) is 16.5. The van der Waals surface area contributed by atoms with Gasteiger partial charge in [0.1, 0.15) is 12.2 Å². The highest BCUT2D eigenvalue weighted by Crippen LogP contribution is 2.34. The zero-order valence-electron chi connectivity index (χ0n) is 14.2. The number of piperidine rings is 1. The Labute approximate surface area is 142 Å². The van der Waals surface area contributed by atoms with Gasteiger partial charge in [-0.15, -0.1) is 10.2 Å². The molecule has 0 radical (unpaired) electrons. The number of benzene rings is 1. The largest absolute Gasteiger partial charge is 0.342 e. The lowest BCUT2D eigenvalue weighted by Gasteiger charge is -2.35. The summed E-state index contributed by atoms with van der Waals surface area (Å²) in [7, 11) is 1.99. The van der Waals surface area contributed by atoms with Crippen molar-refractivity contribution in [1.82, 2.24) is 19.7 Å². The molecular weight excluding hydrogens is 300 g/mol. The van der Waals surface area contributed by atoms with Crippen LogP contribution in [0.5, 0.6) is 0 Å². The topological polar surface area (TPSA) is 51.0 Å². The van der Waals surface area contributed by atoms with E-state index in [0.29, 0.717) is 11.8 Å². The Morgan fingerprint density at radius 1 is 1.17 bits per heavy atom. The third-order valence-electron chi connectivity index (χ3n) is 5.59. The van der Waals surface area contributed by atoms with Crippen LogP contribution in [0.3, 0.4) is 0 Å². The first-order chi connectivity index (χ1) is 11.7. The highest BCUT2D eigenvalue weighted by molar-refractivity contribution is 5.84. The minimum absolute atomic E-state index is 0.0568. The highest BCUT2D eigenvalue weighted by atomic mass is 16.2. The van der Waals surface area contributed by atoms with E-state index in [1.807, 2.05) is 11.6 Å². The van der Waals surface area contributed by atoms with Gasteiger partial charge in [-0.25, -0.2) is 0 Å². The quantitative estimate of drug-likeness (QED) is 0.853. The fourth-order valence-electron chi connectivity index (χ4n) is 4.25. The molecule has 5 nitrogen and oxygen atoms in total. The number of aryl methyl sites for hydroxylation is 2. The van der Waals surface area contributed by atoms with Crippen molar-refractivity contribution >= 4 is 5.91 Å². The number of carbonyl (C=O) groups excluding carboxylic acids is 1. The second kappa shape index (κ2) is 6.38. The number of nitrogens with zero attached hydrogens (tertiary/aromatic N) is 4. The number of rotatable bonds is 2. The molecule has 5 heteroatoms. The highest BCUT2D eigenvalue weighted by Gasteiger charge is 2.32. The summed E-state index contributed by atoms with van der Waals surface area (Å²) in [6.07, 6.45) is 6.92. The summed E-state index contributed by atoms with van der Waals surface area (Å²) in [6, 6.07) is 8.46. The van der Waals surface area contributed by atoms with Crippen molar-refractivity contribution in [3.8, 4) is 0 Å². The predicted molar refractivity (Wildman–Crippen MR) is 91.7 cm³/mol. The number of likely N-dealkylation sites (tertiary alicyclic amines) is 1. The van der Waals surface area contributed by atoms with E-state index in [-0.39, 0.29) is 5.92 Å². The zero-order valence-corrected chi connectivity index (χ0v) is 14.2. The molecule has 24 heavy (non-hydrogen) atoms. The van der Waals surface area contributed by atoms with Crippen molar-refractivity contribution in [1.29, 1.82) is 0 Å². The summed E-state index contributed by atoms with van der Waals surface area (Å²) in [6.45, 7) is 1.66. The molecule has 0 unspecified atom stereocenters. The van der Waals surface area contributed by atoms with Crippen molar-refractivity contribution in [2.75, 3.05) is 13.1 Å². The number of carbonyl (C=O) groups is 1. The Kier molecular flexibility index (Phi) is 4.08. The molecule has 1 aliphatic carbocycles. The number of hydrogen-bond acceptors (Lipinski definition) is 3. The van der Waals surface area contributed by atoms with Gasteiger partial charge >= 0.3 is 0 Å². The van der Waals surface area contributed by atoms with Crippen molar-refractivity contribution in [3.05, 3.63) is 47.5 Å². The maximum Gasteiger partial charge on any atom is 0.230 e. The van der Waals surface area contributed by atoms with Gasteiger partial charge in [-0.1, -0.05) is 24.3 Å². The van der Waals surface area contributed by atoms with Gasteiger partial charge in [-0.3, -0.25) is 4.79 Å². The summed E-state index contributed by atoms with van der Waals surface area (Å²) < 4.78 is 2.00. The molecule has 0 saturated carbocycles. The molecule has 4 rings (SSSR count). The summed E-state index contributed by atoms with van der Waals surface area (Å²) in [5, 5.41) is 8.22. The normalized spacial score (nSPS) is 21.5. The van der Waals surface area contributed by atoms with Gasteiger partial charge in [0.15, 0.2) is 0 Å². The minimum atomic E-state index is 0.0568. The fourth-order valence-corrected chi connectivity index (χ4v) is 4.25. The summed E-state index contributed by atoms with van der Waals surface area (Å²) >= 11 is 0. The van der Waals surface area contributed by atoms with Crippen LogP contribution >= 0.6 is 0 Å². The molecule has 0 bridgehead atoms. The molecular formula is C19H24N4O. The molecule has 1 aromatic heterocycles. The Bertz CT molecular complexity index is 730. The number of fused-ring (bicyclic) bond motifs is 1. The minimum Gasteiger partial charge on any atom is -0.342 e. The molecule has 1 aliphatic heterocycles. The van der Waals surface area contributed by atoms with Crippen LogP contribution in [0.15, 0.2) is 30.6 Å². The Hall–Kier alpha value is -2.17. The van der Waals surface area contributed by atoms with Gasteiger partial charge in [0, 0.05) is 26.1 Å². The van der Waals surface area contributed by atoms with Crippen LogP contribution < -0.4 is 0 Å². The standard InChI is InChI=1S/C19H24N4O/c1-22-13-20-21-18(22)15-9-11-23(12-10-15)19(24)17-8-4-6-14-5-2-3-7-16(14)17/h2-3,5,7,13,15,17H,4,6,8-12H2,1H3/t17-/m0/s1. The summed E-state index contributed by atoms with van der Waals surface area (Å²) in [5.41, 5.74) is 2.61. The SMILES string of the molecule is Cn1cnnc1C1CCN(C(=O)[C@H]2CCCc3ccccc32)CC1. The molecule has 0 N–H and O–H groups in total. The molecule has 1 amide bonds. The van der Waals surface area contributed by atoms with Gasteiger partial charge in [0.25, 0.3) is 0 Å². The average Bonchev–Trinajstić information content (AvgIpc) is 3.07. The predicted octanol–water partition coefficient (Wildman–Crippen LogP) is 2.64. The van der Waals surface area contributed by atoms with Gasteiger partial charge in [0.2, 0.25) is 5.91 Å². The van der Waals surface area contributed by atoms with Gasteiger partial charge in [0.05, 0.1) is 5.92 Å². The van der Waals surface area contributed by atoms with E-state index >= 15 is 0 Å². The second-order valence-electron chi connectivity index (χ2n) is 7.04. The number of amides is 1. The van der Waals surface area contributed by atoms with E-state index in [1.165, 1.54) is 11.1 Å². The van der Waals surface area contributed by atoms with Crippen LogP contribution in [-0.4, -0.2) is 38.7 Å².